The molecule has 0 N–H and O–H groups in total. The van der Waals surface area contributed by atoms with Crippen molar-refractivity contribution in [1.29, 1.82) is 0 Å². The normalized spacial score (nSPS) is 13.3. The smallest absolute Gasteiger partial charge is 0.363 e. The first-order valence-corrected chi connectivity index (χ1v) is 24.3. The van der Waals surface area contributed by atoms with Gasteiger partial charge in [-0.1, -0.05) is 12.1 Å². The van der Waals surface area contributed by atoms with Crippen molar-refractivity contribution in [3.63, 3.8) is 0 Å². The van der Waals surface area contributed by atoms with Crippen molar-refractivity contribution in [3.05, 3.63) is 142 Å². The Morgan fingerprint density at radius 3 is 1.28 bits per heavy atom. The van der Waals surface area contributed by atoms with Crippen LogP contribution >= 0.6 is 0 Å². The average molecular weight is 1060 g/mol. The highest BCUT2D eigenvalue weighted by atomic mass is 16.7. The number of carbonyl (C=O) groups excluding carboxylic acids is 8. The van der Waals surface area contributed by atoms with Gasteiger partial charge in [-0.3, -0.25) is 19.2 Å². The lowest BCUT2D eigenvalue weighted by molar-refractivity contribution is -0.256. The largest absolute Gasteiger partial charge is 0.545 e. The molecule has 2 saturated heterocycles. The SMILES string of the molecule is CN(C)c1ccc2c(-c3cc(C(=O)ON4C(=O)CCC4=O)ccc3C(=O)[O-])c3ccc(=[N+](C)C)cc-3oc2c1.CN(C)c1ccc2c(-c3ccc(C(=O)ON4C(=O)CCC4=O)cc3C(=O)[O-])c3ccc(=[N+](C)C)cc-3oc2c1. The zero-order valence-corrected chi connectivity index (χ0v) is 43.6. The highest BCUT2D eigenvalue weighted by molar-refractivity contribution is 6.11. The second kappa shape index (κ2) is 21.0. The fraction of sp³-hybridized carbons (Fsp3) is 0.207. The van der Waals surface area contributed by atoms with E-state index >= 15 is 0 Å². The summed E-state index contributed by atoms with van der Waals surface area (Å²) >= 11 is 0. The van der Waals surface area contributed by atoms with Crippen LogP contribution in [0.2, 0.25) is 0 Å². The Bertz CT molecular complexity index is 3940. The van der Waals surface area contributed by atoms with Crippen LogP contribution in [-0.2, 0) is 28.9 Å². The number of hydrogen-bond acceptors (Lipinski definition) is 16. The maximum Gasteiger partial charge on any atom is 0.363 e. The van der Waals surface area contributed by atoms with Crippen LogP contribution in [0.15, 0.2) is 118 Å². The first-order chi connectivity index (χ1) is 37.1. The molecule has 0 radical (unpaired) electrons. The Morgan fingerprint density at radius 1 is 0.474 bits per heavy atom. The van der Waals surface area contributed by atoms with Gasteiger partial charge in [-0.2, -0.15) is 0 Å². The van der Waals surface area contributed by atoms with Gasteiger partial charge in [0.1, 0.15) is 50.9 Å². The van der Waals surface area contributed by atoms with Gasteiger partial charge in [0.05, 0.1) is 35.2 Å². The van der Waals surface area contributed by atoms with Crippen molar-refractivity contribution < 1.29 is 67.1 Å². The number of nitrogens with zero attached hydrogens (tertiary/aromatic N) is 6. The second-order valence-electron chi connectivity index (χ2n) is 19.3. The number of carbonyl (C=O) groups is 8. The molecule has 78 heavy (non-hydrogen) atoms. The van der Waals surface area contributed by atoms with E-state index in [0.29, 0.717) is 71.4 Å². The van der Waals surface area contributed by atoms with Gasteiger partial charge in [0.25, 0.3) is 23.6 Å². The van der Waals surface area contributed by atoms with Crippen LogP contribution in [0.5, 0.6) is 0 Å². The number of carboxylic acid groups (broad SMARTS) is 2. The molecule has 2 fully saturated rings. The number of carboxylic acids is 2. The van der Waals surface area contributed by atoms with Gasteiger partial charge < -0.3 is 48.1 Å². The van der Waals surface area contributed by atoms with Crippen molar-refractivity contribution in [2.75, 3.05) is 66.2 Å². The zero-order valence-electron chi connectivity index (χ0n) is 43.6. The Morgan fingerprint density at radius 2 is 0.872 bits per heavy atom. The molecule has 2 aliphatic carbocycles. The van der Waals surface area contributed by atoms with Crippen molar-refractivity contribution in [2.45, 2.75) is 25.7 Å². The molecule has 0 spiro atoms. The molecule has 4 aromatic carbocycles. The van der Waals surface area contributed by atoms with Gasteiger partial charge in [0, 0.05) is 134 Å². The van der Waals surface area contributed by atoms with Crippen LogP contribution in [0.4, 0.5) is 11.4 Å². The lowest BCUT2D eigenvalue weighted by atomic mass is 9.89. The van der Waals surface area contributed by atoms with E-state index in [1.54, 1.807) is 0 Å². The van der Waals surface area contributed by atoms with Crippen LogP contribution in [-0.4, -0.2) is 114 Å². The molecule has 0 aromatic heterocycles. The zero-order chi connectivity index (χ0) is 56.0. The van der Waals surface area contributed by atoms with E-state index in [4.69, 9.17) is 18.5 Å². The number of benzene rings is 6. The highest BCUT2D eigenvalue weighted by Gasteiger charge is 2.35. The summed E-state index contributed by atoms with van der Waals surface area (Å²) in [7, 11) is 15.2. The van der Waals surface area contributed by atoms with Crippen molar-refractivity contribution in [3.8, 4) is 44.9 Å². The fourth-order valence-electron chi connectivity index (χ4n) is 9.13. The standard InChI is InChI=1S/2C29H25N3O7/c1-30(2)17-6-9-20-23(14-17)38-24-15-18(31(3)4)7-10-21(24)27(20)22-13-16(5-8-19(22)28(35)36)29(37)39-32-25(33)11-12-26(32)34;1-30(2)17-6-9-20-23(14-17)38-24-15-18(31(3)4)7-10-21(24)27(20)19-8-5-16(13-22(19)28(35)36)29(37)39-32-25(33)11-12-26(32)34/h2*5-10,13-15H,11-12H2,1-4H3. The minimum atomic E-state index is -1.51. The molecule has 4 amide bonds. The molecular weight excluding hydrogens is 1000 g/mol. The number of hydroxylamine groups is 4. The summed E-state index contributed by atoms with van der Waals surface area (Å²) in [6.07, 6.45) is -0.202. The molecule has 0 bridgehead atoms. The average Bonchev–Trinajstić information content (AvgIpc) is 4.07. The fourth-order valence-corrected chi connectivity index (χ4v) is 9.13. The summed E-state index contributed by atoms with van der Waals surface area (Å²) in [5.74, 6) is -6.40. The van der Waals surface area contributed by atoms with Gasteiger partial charge in [0.2, 0.25) is 10.7 Å². The predicted octanol–water partition coefficient (Wildman–Crippen LogP) is 3.77. The predicted molar refractivity (Wildman–Crippen MR) is 281 cm³/mol. The van der Waals surface area contributed by atoms with Crippen molar-refractivity contribution in [1.82, 2.24) is 19.3 Å². The number of imide groups is 2. The quantitative estimate of drug-likeness (QED) is 0.107. The van der Waals surface area contributed by atoms with Gasteiger partial charge >= 0.3 is 11.9 Å². The third-order valence-corrected chi connectivity index (χ3v) is 13.3. The summed E-state index contributed by atoms with van der Waals surface area (Å²) in [6, 6.07) is 30.2. The lowest BCUT2D eigenvalue weighted by Gasteiger charge is -2.20. The maximum absolute atomic E-state index is 13.0. The van der Waals surface area contributed by atoms with E-state index in [1.807, 2.05) is 148 Å². The number of fused-ring (bicyclic) bond motifs is 4. The number of amides is 4. The van der Waals surface area contributed by atoms with Gasteiger partial charge in [-0.25, -0.2) is 18.7 Å². The Kier molecular flexibility index (Phi) is 14.2. The first kappa shape index (κ1) is 52.9. The topological polar surface area (TPSA) is 246 Å². The van der Waals surface area contributed by atoms with Gasteiger partial charge in [-0.15, -0.1) is 10.1 Å². The maximum atomic E-state index is 13.0. The number of anilines is 2. The van der Waals surface area contributed by atoms with E-state index in [0.717, 1.165) is 28.2 Å². The third-order valence-electron chi connectivity index (χ3n) is 13.3. The van der Waals surface area contributed by atoms with Crippen LogP contribution in [0.25, 0.3) is 66.8 Å². The molecule has 6 aliphatic rings. The summed E-state index contributed by atoms with van der Waals surface area (Å²) < 4.78 is 16.4. The molecule has 4 heterocycles. The van der Waals surface area contributed by atoms with Crippen LogP contribution in [0, 0.1) is 0 Å². The summed E-state index contributed by atoms with van der Waals surface area (Å²) in [5, 5.41) is 28.5. The van der Waals surface area contributed by atoms with Crippen LogP contribution < -0.4 is 39.9 Å². The summed E-state index contributed by atoms with van der Waals surface area (Å²) in [4.78, 5) is 112. The van der Waals surface area contributed by atoms with Crippen molar-refractivity contribution in [2.24, 2.45) is 0 Å². The van der Waals surface area contributed by atoms with Crippen LogP contribution in [0.3, 0.4) is 0 Å². The molecule has 20 heteroatoms. The van der Waals surface area contributed by atoms with Gasteiger partial charge in [0.15, 0.2) is 0 Å². The minimum absolute atomic E-state index is 0.0422. The summed E-state index contributed by atoms with van der Waals surface area (Å²) in [6.45, 7) is 0. The van der Waals surface area contributed by atoms with E-state index in [-0.39, 0.29) is 53.5 Å². The van der Waals surface area contributed by atoms with E-state index < -0.39 is 47.5 Å². The number of aromatic carboxylic acids is 2. The molecule has 396 valence electrons. The Balaban J connectivity index is 0.000000190. The molecule has 4 aliphatic heterocycles. The van der Waals surface area contributed by atoms with E-state index in [2.05, 4.69) is 0 Å². The monoisotopic (exact) mass is 1050 g/mol. The van der Waals surface area contributed by atoms with Crippen molar-refractivity contribution >= 4 is 80.8 Å². The minimum Gasteiger partial charge on any atom is -0.545 e. The Labute approximate surface area is 444 Å². The molecule has 0 saturated carbocycles. The molecule has 0 atom stereocenters. The number of hydrogen-bond donors (Lipinski definition) is 0. The lowest BCUT2D eigenvalue weighted by Crippen LogP contribution is -2.32. The highest BCUT2D eigenvalue weighted by Crippen LogP contribution is 2.44. The second-order valence-corrected chi connectivity index (χ2v) is 19.3. The first-order valence-electron chi connectivity index (χ1n) is 24.3. The molecule has 4 aromatic rings. The number of rotatable bonds is 10. The molecule has 20 nitrogen and oxygen atoms in total. The van der Waals surface area contributed by atoms with Gasteiger partial charge in [-0.05, 0) is 71.8 Å². The molecule has 0 unspecified atom stereocenters. The van der Waals surface area contributed by atoms with Crippen LogP contribution in [0.1, 0.15) is 67.1 Å². The summed E-state index contributed by atoms with van der Waals surface area (Å²) in [5.41, 5.74) is 5.10. The molecule has 10 rings (SSSR count). The van der Waals surface area contributed by atoms with E-state index in [9.17, 15) is 48.6 Å². The third kappa shape index (κ3) is 10.1. The Hall–Kier alpha value is -9.98. The molecular formula is C58H50N6O14. The van der Waals surface area contributed by atoms with E-state index in [1.165, 1.54) is 30.3 Å².